The summed E-state index contributed by atoms with van der Waals surface area (Å²) in [7, 11) is 0. The number of hydrogen-bond donors (Lipinski definition) is 0. The quantitative estimate of drug-likeness (QED) is 0.626. The van der Waals surface area contributed by atoms with Gasteiger partial charge in [-0.3, -0.25) is 0 Å². The highest BCUT2D eigenvalue weighted by atomic mass is 16.5. The maximum atomic E-state index is 12.9. The second-order valence-corrected chi connectivity index (χ2v) is 8.40. The zero-order valence-corrected chi connectivity index (χ0v) is 19.0. The third kappa shape index (κ3) is 3.60. The van der Waals surface area contributed by atoms with Crippen molar-refractivity contribution in [2.75, 3.05) is 57.4 Å². The van der Waals surface area contributed by atoms with Gasteiger partial charge >= 0.3 is 6.03 Å². The fourth-order valence-corrected chi connectivity index (χ4v) is 4.72. The molecule has 170 valence electrons. The summed E-state index contributed by atoms with van der Waals surface area (Å²) in [5.41, 5.74) is 4.90. The summed E-state index contributed by atoms with van der Waals surface area (Å²) in [6, 6.07) is 4.09. The Morgan fingerprint density at radius 3 is 2.44 bits per heavy atom. The second kappa shape index (κ2) is 8.46. The molecule has 0 unspecified atom stereocenters. The Hall–Kier alpha value is -3.07. The molecule has 5 rings (SSSR count). The van der Waals surface area contributed by atoms with E-state index < -0.39 is 0 Å². The molecule has 0 aliphatic carbocycles. The van der Waals surface area contributed by atoms with Gasteiger partial charge in [-0.2, -0.15) is 9.61 Å². The molecule has 2 aliphatic rings. The van der Waals surface area contributed by atoms with Crippen molar-refractivity contribution >= 4 is 17.5 Å². The maximum absolute atomic E-state index is 12.9. The van der Waals surface area contributed by atoms with Crippen LogP contribution in [0.25, 0.3) is 16.9 Å². The minimum absolute atomic E-state index is 0.122. The number of piperazine rings is 1. The molecule has 2 saturated heterocycles. The lowest BCUT2D eigenvalue weighted by Gasteiger charge is -2.39. The van der Waals surface area contributed by atoms with Gasteiger partial charge in [0.2, 0.25) is 0 Å². The monoisotopic (exact) mass is 438 g/mol. The van der Waals surface area contributed by atoms with E-state index in [-0.39, 0.29) is 6.03 Å². The number of urea groups is 1. The number of aryl methyl sites for hydroxylation is 2. The summed E-state index contributed by atoms with van der Waals surface area (Å²) in [6.45, 7) is 11.7. The lowest BCUT2D eigenvalue weighted by atomic mass is 10.1. The van der Waals surface area contributed by atoms with E-state index in [4.69, 9.17) is 19.2 Å². The summed E-state index contributed by atoms with van der Waals surface area (Å²) in [5.74, 6) is 1.93. The second-order valence-electron chi connectivity index (χ2n) is 8.40. The number of morpholine rings is 1. The lowest BCUT2D eigenvalue weighted by Crippen LogP contribution is -2.55. The Bertz CT molecular complexity index is 1120. The zero-order chi connectivity index (χ0) is 22.2. The first kappa shape index (κ1) is 20.8. The molecule has 0 spiro atoms. The number of aromatic nitrogens is 3. The molecule has 9 heteroatoms. The van der Waals surface area contributed by atoms with Crippen molar-refractivity contribution in [2.45, 2.75) is 27.2 Å². The summed E-state index contributed by atoms with van der Waals surface area (Å²) in [5, 5.41) is 4.92. The van der Waals surface area contributed by atoms with Crippen molar-refractivity contribution in [3.63, 3.8) is 0 Å². The average Bonchev–Trinajstić information content (AvgIpc) is 3.43. The largest absolute Gasteiger partial charge is 0.469 e. The SMILES string of the molecule is CCc1c(C)nc2cc(-c3ccoc3C)nn2c1N1CCN(C(=O)N2CCOCC2)CC1. The molecular formula is C23H30N6O3. The smallest absolute Gasteiger partial charge is 0.320 e. The highest BCUT2D eigenvalue weighted by molar-refractivity contribution is 5.75. The third-order valence-corrected chi connectivity index (χ3v) is 6.50. The summed E-state index contributed by atoms with van der Waals surface area (Å²) < 4.78 is 12.8. The number of fused-ring (bicyclic) bond motifs is 1. The highest BCUT2D eigenvalue weighted by Crippen LogP contribution is 2.30. The maximum Gasteiger partial charge on any atom is 0.320 e. The Kier molecular flexibility index (Phi) is 5.50. The van der Waals surface area contributed by atoms with Crippen LogP contribution in [-0.2, 0) is 11.2 Å². The predicted molar refractivity (Wildman–Crippen MR) is 121 cm³/mol. The number of nitrogens with zero attached hydrogens (tertiary/aromatic N) is 6. The zero-order valence-electron chi connectivity index (χ0n) is 19.0. The minimum Gasteiger partial charge on any atom is -0.469 e. The number of ether oxygens (including phenoxy) is 1. The van der Waals surface area contributed by atoms with E-state index in [0.717, 1.165) is 53.7 Å². The van der Waals surface area contributed by atoms with E-state index in [1.165, 1.54) is 5.56 Å². The third-order valence-electron chi connectivity index (χ3n) is 6.50. The predicted octanol–water partition coefficient (Wildman–Crippen LogP) is 2.74. The molecule has 2 amide bonds. The van der Waals surface area contributed by atoms with E-state index in [9.17, 15) is 4.79 Å². The van der Waals surface area contributed by atoms with E-state index in [1.54, 1.807) is 6.26 Å². The van der Waals surface area contributed by atoms with Crippen LogP contribution >= 0.6 is 0 Å². The Balaban J connectivity index is 1.44. The fourth-order valence-electron chi connectivity index (χ4n) is 4.72. The van der Waals surface area contributed by atoms with Crippen LogP contribution in [0.1, 0.15) is 23.9 Å². The summed E-state index contributed by atoms with van der Waals surface area (Å²) >= 11 is 0. The van der Waals surface area contributed by atoms with Gasteiger partial charge in [-0.15, -0.1) is 0 Å². The molecule has 9 nitrogen and oxygen atoms in total. The first-order chi connectivity index (χ1) is 15.6. The van der Waals surface area contributed by atoms with Gasteiger partial charge in [0.1, 0.15) is 11.6 Å². The average molecular weight is 439 g/mol. The molecule has 0 bridgehead atoms. The lowest BCUT2D eigenvalue weighted by molar-refractivity contribution is 0.0428. The summed E-state index contributed by atoms with van der Waals surface area (Å²) in [6.07, 6.45) is 2.56. The molecular weight excluding hydrogens is 408 g/mol. The molecule has 0 saturated carbocycles. The van der Waals surface area contributed by atoms with Crippen molar-refractivity contribution in [1.29, 1.82) is 0 Å². The van der Waals surface area contributed by atoms with Gasteiger partial charge in [0.25, 0.3) is 0 Å². The van der Waals surface area contributed by atoms with E-state index >= 15 is 0 Å². The first-order valence-electron chi connectivity index (χ1n) is 11.4. The minimum atomic E-state index is 0.122. The topological polar surface area (TPSA) is 79.3 Å². The van der Waals surface area contributed by atoms with Crippen molar-refractivity contribution in [2.24, 2.45) is 0 Å². The van der Waals surface area contributed by atoms with Gasteiger partial charge < -0.3 is 23.9 Å². The number of carbonyl (C=O) groups excluding carboxylic acids is 1. The number of carbonyl (C=O) groups is 1. The van der Waals surface area contributed by atoms with Crippen LogP contribution in [0.3, 0.4) is 0 Å². The standard InChI is InChI=1S/C23H30N6O3/c1-4-18-16(2)24-21-15-20(19-5-12-32-17(19)3)25-29(21)22(18)26-6-8-27(9-7-26)23(30)28-10-13-31-14-11-28/h5,12,15H,4,6-11,13-14H2,1-3H3. The van der Waals surface area contributed by atoms with Crippen LogP contribution in [0.5, 0.6) is 0 Å². The molecule has 5 heterocycles. The molecule has 3 aromatic heterocycles. The van der Waals surface area contributed by atoms with E-state index in [1.807, 2.05) is 33.4 Å². The number of rotatable bonds is 3. The Morgan fingerprint density at radius 2 is 1.78 bits per heavy atom. The van der Waals surface area contributed by atoms with Crippen LogP contribution in [0.2, 0.25) is 0 Å². The van der Waals surface area contributed by atoms with Crippen LogP contribution in [-0.4, -0.2) is 82.9 Å². The number of hydrogen-bond acceptors (Lipinski definition) is 6. The van der Waals surface area contributed by atoms with Crippen molar-refractivity contribution in [3.8, 4) is 11.3 Å². The van der Waals surface area contributed by atoms with Crippen molar-refractivity contribution in [1.82, 2.24) is 24.4 Å². The molecule has 3 aromatic rings. The van der Waals surface area contributed by atoms with Crippen LogP contribution in [0, 0.1) is 13.8 Å². The Morgan fingerprint density at radius 1 is 1.06 bits per heavy atom. The molecule has 2 aliphatic heterocycles. The molecule has 0 atom stereocenters. The van der Waals surface area contributed by atoms with Gasteiger partial charge in [0.15, 0.2) is 5.65 Å². The van der Waals surface area contributed by atoms with Crippen molar-refractivity contribution < 1.29 is 13.9 Å². The van der Waals surface area contributed by atoms with Gasteiger partial charge in [0.05, 0.1) is 25.2 Å². The van der Waals surface area contributed by atoms with Crippen LogP contribution in [0.4, 0.5) is 10.6 Å². The van der Waals surface area contributed by atoms with Gasteiger partial charge in [-0.25, -0.2) is 9.78 Å². The molecule has 2 fully saturated rings. The van der Waals surface area contributed by atoms with Gasteiger partial charge in [0, 0.05) is 62.2 Å². The molecule has 0 N–H and O–H groups in total. The number of amides is 2. The molecule has 0 aromatic carbocycles. The highest BCUT2D eigenvalue weighted by Gasteiger charge is 2.29. The van der Waals surface area contributed by atoms with Gasteiger partial charge in [-0.1, -0.05) is 6.92 Å². The Labute approximate surface area is 187 Å². The fraction of sp³-hybridized carbons (Fsp3) is 0.522. The molecule has 32 heavy (non-hydrogen) atoms. The summed E-state index contributed by atoms with van der Waals surface area (Å²) in [4.78, 5) is 23.9. The normalized spacial score (nSPS) is 17.4. The number of furan rings is 1. The van der Waals surface area contributed by atoms with E-state index in [0.29, 0.717) is 39.4 Å². The first-order valence-corrected chi connectivity index (χ1v) is 11.4. The molecule has 0 radical (unpaired) electrons. The van der Waals surface area contributed by atoms with Gasteiger partial charge in [-0.05, 0) is 26.3 Å². The van der Waals surface area contributed by atoms with Crippen LogP contribution < -0.4 is 4.90 Å². The van der Waals surface area contributed by atoms with Crippen LogP contribution in [0.15, 0.2) is 22.8 Å². The van der Waals surface area contributed by atoms with E-state index in [2.05, 4.69) is 18.7 Å². The van der Waals surface area contributed by atoms with Crippen molar-refractivity contribution in [3.05, 3.63) is 35.4 Å². The number of anilines is 1.